The molecule has 7 heteroatoms. The van der Waals surface area contributed by atoms with E-state index in [0.29, 0.717) is 6.04 Å². The average molecular weight is 388 g/mol. The molecular weight excluding hydrogens is 364 g/mol. The number of piperidine rings is 1. The quantitative estimate of drug-likeness (QED) is 0.716. The summed E-state index contributed by atoms with van der Waals surface area (Å²) in [4.78, 5) is 27.4. The fourth-order valence-electron chi connectivity index (χ4n) is 4.26. The molecule has 5 rings (SSSR count). The van der Waals surface area contributed by atoms with E-state index in [9.17, 15) is 4.79 Å². The highest BCUT2D eigenvalue weighted by Crippen LogP contribution is 2.33. The minimum Gasteiger partial charge on any atom is -0.382 e. The van der Waals surface area contributed by atoms with Crippen molar-refractivity contribution in [2.75, 3.05) is 28.2 Å². The Morgan fingerprint density at radius 3 is 2.66 bits per heavy atom. The smallest absolute Gasteiger partial charge is 0.252 e. The van der Waals surface area contributed by atoms with Crippen LogP contribution in [0.3, 0.4) is 0 Å². The van der Waals surface area contributed by atoms with Gasteiger partial charge in [-0.15, -0.1) is 0 Å². The van der Waals surface area contributed by atoms with E-state index >= 15 is 0 Å². The topological polar surface area (TPSA) is 77.2 Å². The van der Waals surface area contributed by atoms with Crippen molar-refractivity contribution in [2.45, 2.75) is 32.0 Å². The molecule has 0 saturated carbocycles. The highest BCUT2D eigenvalue weighted by molar-refractivity contribution is 5.61. The lowest BCUT2D eigenvalue weighted by molar-refractivity contribution is 0.523. The first-order valence-electron chi connectivity index (χ1n) is 10.1. The summed E-state index contributed by atoms with van der Waals surface area (Å²) >= 11 is 0. The number of H-pyrrole nitrogens is 1. The van der Waals surface area contributed by atoms with E-state index < -0.39 is 0 Å². The third kappa shape index (κ3) is 3.68. The minimum absolute atomic E-state index is 0.104. The summed E-state index contributed by atoms with van der Waals surface area (Å²) in [6.45, 7) is 3.56. The van der Waals surface area contributed by atoms with E-state index in [1.165, 1.54) is 23.1 Å². The van der Waals surface area contributed by atoms with Crippen LogP contribution in [0.5, 0.6) is 0 Å². The largest absolute Gasteiger partial charge is 0.382 e. The molecule has 148 valence electrons. The highest BCUT2D eigenvalue weighted by Gasteiger charge is 2.25. The van der Waals surface area contributed by atoms with E-state index in [0.717, 1.165) is 50.7 Å². The maximum Gasteiger partial charge on any atom is 0.252 e. The monoisotopic (exact) mass is 388 g/mol. The number of pyridine rings is 1. The number of nitrogens with one attached hydrogen (secondary N) is 2. The lowest BCUT2D eigenvalue weighted by Gasteiger charge is -2.33. The normalized spacial score (nSPS) is 16.7. The molecule has 1 fully saturated rings. The molecule has 1 aromatic carbocycles. The molecule has 4 heterocycles. The molecule has 3 aromatic rings. The molecule has 1 saturated heterocycles. The van der Waals surface area contributed by atoms with Crippen LogP contribution in [0.15, 0.2) is 59.8 Å². The number of hydrogen-bond acceptors (Lipinski definition) is 6. The van der Waals surface area contributed by atoms with Gasteiger partial charge in [0.15, 0.2) is 0 Å². The zero-order chi connectivity index (χ0) is 19.6. The summed E-state index contributed by atoms with van der Waals surface area (Å²) in [5, 5.41) is 3.77. The maximum absolute atomic E-state index is 11.5. The van der Waals surface area contributed by atoms with Crippen molar-refractivity contribution in [2.24, 2.45) is 0 Å². The van der Waals surface area contributed by atoms with Crippen LogP contribution in [0.25, 0.3) is 0 Å². The Hall–Kier alpha value is -3.35. The van der Waals surface area contributed by atoms with Crippen LogP contribution in [0, 0.1) is 0 Å². The molecule has 0 bridgehead atoms. The van der Waals surface area contributed by atoms with Crippen molar-refractivity contribution < 1.29 is 0 Å². The number of hydrogen-bond donors (Lipinski definition) is 2. The Morgan fingerprint density at radius 2 is 1.86 bits per heavy atom. The predicted octanol–water partition coefficient (Wildman–Crippen LogP) is 2.77. The summed E-state index contributed by atoms with van der Waals surface area (Å²) in [5.41, 5.74) is 3.86. The zero-order valence-corrected chi connectivity index (χ0v) is 16.2. The van der Waals surface area contributed by atoms with Crippen molar-refractivity contribution in [1.82, 2.24) is 15.0 Å². The van der Waals surface area contributed by atoms with Crippen LogP contribution in [0.2, 0.25) is 0 Å². The molecule has 2 aromatic heterocycles. The third-order valence-corrected chi connectivity index (χ3v) is 5.80. The lowest BCUT2D eigenvalue weighted by atomic mass is 10.0. The summed E-state index contributed by atoms with van der Waals surface area (Å²) in [5.74, 6) is 1.78. The Bertz CT molecular complexity index is 1040. The van der Waals surface area contributed by atoms with Gasteiger partial charge in [-0.2, -0.15) is 0 Å². The van der Waals surface area contributed by atoms with E-state index in [2.05, 4.69) is 54.3 Å². The number of aromatic amines is 1. The number of anilines is 3. The molecule has 29 heavy (non-hydrogen) atoms. The minimum atomic E-state index is -0.104. The molecule has 7 nitrogen and oxygen atoms in total. The van der Waals surface area contributed by atoms with Gasteiger partial charge in [-0.25, -0.2) is 9.97 Å². The van der Waals surface area contributed by atoms with Crippen molar-refractivity contribution in [3.63, 3.8) is 0 Å². The van der Waals surface area contributed by atoms with E-state index in [4.69, 9.17) is 0 Å². The Balaban J connectivity index is 1.25. The molecule has 0 aliphatic carbocycles. The molecule has 2 N–H and O–H groups in total. The molecule has 0 unspecified atom stereocenters. The number of benzene rings is 1. The number of rotatable bonds is 4. The van der Waals surface area contributed by atoms with Crippen molar-refractivity contribution >= 4 is 17.3 Å². The van der Waals surface area contributed by atoms with Crippen LogP contribution in [0.4, 0.5) is 17.3 Å². The van der Waals surface area contributed by atoms with Gasteiger partial charge < -0.3 is 20.1 Å². The van der Waals surface area contributed by atoms with E-state index in [-0.39, 0.29) is 5.56 Å². The molecular formula is C22H24N6O. The van der Waals surface area contributed by atoms with Gasteiger partial charge >= 0.3 is 0 Å². The van der Waals surface area contributed by atoms with Gasteiger partial charge in [0.25, 0.3) is 5.56 Å². The Labute approximate surface area is 169 Å². The second-order valence-electron chi connectivity index (χ2n) is 7.66. The Morgan fingerprint density at radius 1 is 0.966 bits per heavy atom. The molecule has 0 radical (unpaired) electrons. The first-order valence-corrected chi connectivity index (χ1v) is 10.1. The van der Waals surface area contributed by atoms with Crippen LogP contribution in [-0.2, 0) is 13.1 Å². The standard InChI is InChI=1S/C22H24N6O/c29-22-12-21(24-15-25-22)27-10-7-17(8-11-27)26-19-5-3-4-16-13-28(14-18(16)19)20-6-1-2-9-23-20/h1-6,9,12,15,17,26H,7-8,10-11,13-14H2,(H,24,25,29). The van der Waals surface area contributed by atoms with Gasteiger partial charge in [0.05, 0.1) is 6.33 Å². The average Bonchev–Trinajstić information content (AvgIpc) is 3.20. The van der Waals surface area contributed by atoms with Crippen molar-refractivity contribution in [3.05, 3.63) is 76.5 Å². The predicted molar refractivity (Wildman–Crippen MR) is 114 cm³/mol. The first-order chi connectivity index (χ1) is 14.3. The van der Waals surface area contributed by atoms with Crippen LogP contribution in [-0.4, -0.2) is 34.1 Å². The summed E-state index contributed by atoms with van der Waals surface area (Å²) in [6, 6.07) is 14.6. The molecule has 0 spiro atoms. The summed E-state index contributed by atoms with van der Waals surface area (Å²) in [6.07, 6.45) is 5.35. The van der Waals surface area contributed by atoms with Gasteiger partial charge in [0.2, 0.25) is 0 Å². The molecule has 0 amide bonds. The Kier molecular flexibility index (Phi) is 4.63. The molecule has 0 atom stereocenters. The third-order valence-electron chi connectivity index (χ3n) is 5.80. The van der Waals surface area contributed by atoms with Crippen LogP contribution in [0.1, 0.15) is 24.0 Å². The van der Waals surface area contributed by atoms with Gasteiger partial charge in [0, 0.05) is 50.2 Å². The van der Waals surface area contributed by atoms with Gasteiger partial charge in [-0.1, -0.05) is 18.2 Å². The van der Waals surface area contributed by atoms with Gasteiger partial charge in [-0.3, -0.25) is 4.79 Å². The zero-order valence-electron chi connectivity index (χ0n) is 16.2. The van der Waals surface area contributed by atoms with E-state index in [1.54, 1.807) is 6.07 Å². The fourth-order valence-corrected chi connectivity index (χ4v) is 4.26. The summed E-state index contributed by atoms with van der Waals surface area (Å²) in [7, 11) is 0. The maximum atomic E-state index is 11.5. The van der Waals surface area contributed by atoms with Crippen LogP contribution >= 0.6 is 0 Å². The number of fused-ring (bicyclic) bond motifs is 1. The number of nitrogens with zero attached hydrogens (tertiary/aromatic N) is 4. The first kappa shape index (κ1) is 17.7. The lowest BCUT2D eigenvalue weighted by Crippen LogP contribution is -2.40. The van der Waals surface area contributed by atoms with Gasteiger partial charge in [0.1, 0.15) is 11.6 Å². The van der Waals surface area contributed by atoms with E-state index in [1.807, 2.05) is 18.3 Å². The summed E-state index contributed by atoms with van der Waals surface area (Å²) < 4.78 is 0. The van der Waals surface area contributed by atoms with Crippen molar-refractivity contribution in [3.8, 4) is 0 Å². The highest BCUT2D eigenvalue weighted by atomic mass is 16.1. The molecule has 2 aliphatic heterocycles. The SMILES string of the molecule is O=c1cc(N2CCC(Nc3cccc4c3CN(c3ccccn3)C4)CC2)nc[nH]1. The fraction of sp³-hybridized carbons (Fsp3) is 0.318. The number of aromatic nitrogens is 3. The molecule has 2 aliphatic rings. The second kappa shape index (κ2) is 7.58. The second-order valence-corrected chi connectivity index (χ2v) is 7.66. The van der Waals surface area contributed by atoms with Gasteiger partial charge in [-0.05, 0) is 42.2 Å². The van der Waals surface area contributed by atoms with Crippen LogP contribution < -0.4 is 20.7 Å². The van der Waals surface area contributed by atoms with Crippen molar-refractivity contribution in [1.29, 1.82) is 0 Å².